The lowest BCUT2D eigenvalue weighted by Gasteiger charge is -2.10. The van der Waals surface area contributed by atoms with Crippen LogP contribution < -0.4 is 11.1 Å². The zero-order valence-electron chi connectivity index (χ0n) is 9.57. The summed E-state index contributed by atoms with van der Waals surface area (Å²) in [4.78, 5) is 11.5. The Morgan fingerprint density at radius 2 is 2.06 bits per heavy atom. The Morgan fingerprint density at radius 1 is 1.44 bits per heavy atom. The Bertz CT molecular complexity index is 368. The van der Waals surface area contributed by atoms with Crippen LogP contribution in [0.3, 0.4) is 0 Å². The van der Waals surface area contributed by atoms with Crippen LogP contribution >= 0.6 is 0 Å². The second-order valence-corrected chi connectivity index (χ2v) is 4.40. The van der Waals surface area contributed by atoms with E-state index in [0.29, 0.717) is 0 Å². The molecule has 0 radical (unpaired) electrons. The van der Waals surface area contributed by atoms with Gasteiger partial charge in [0.25, 0.3) is 0 Å². The van der Waals surface area contributed by atoms with Crippen molar-refractivity contribution in [3.05, 3.63) is 29.8 Å². The summed E-state index contributed by atoms with van der Waals surface area (Å²) in [5.74, 6) is 0.394. The molecule has 2 rings (SSSR count). The Morgan fingerprint density at radius 3 is 2.56 bits per heavy atom. The van der Waals surface area contributed by atoms with Gasteiger partial charge in [-0.25, -0.2) is 0 Å². The van der Waals surface area contributed by atoms with E-state index >= 15 is 0 Å². The maximum atomic E-state index is 11.5. The molecule has 0 aromatic heterocycles. The van der Waals surface area contributed by atoms with E-state index in [9.17, 15) is 4.79 Å². The number of hydrogen-bond donors (Lipinski definition) is 2. The Hall–Kier alpha value is -1.35. The number of carbonyl (C=O) groups excluding carboxylic acids is 1. The Kier molecular flexibility index (Phi) is 3.25. The second-order valence-electron chi connectivity index (χ2n) is 4.40. The molecule has 3 N–H and O–H groups in total. The average Bonchev–Trinajstić information content (AvgIpc) is 3.13. The quantitative estimate of drug-likeness (QED) is 0.815. The van der Waals surface area contributed by atoms with Crippen LogP contribution in [0.25, 0.3) is 0 Å². The number of anilines is 1. The highest BCUT2D eigenvalue weighted by Crippen LogP contribution is 2.30. The summed E-state index contributed by atoms with van der Waals surface area (Å²) in [5.41, 5.74) is 7.90. The highest BCUT2D eigenvalue weighted by atomic mass is 16.2. The van der Waals surface area contributed by atoms with E-state index in [0.717, 1.165) is 30.5 Å². The van der Waals surface area contributed by atoms with Crippen LogP contribution in [-0.4, -0.2) is 5.91 Å². The second kappa shape index (κ2) is 4.66. The van der Waals surface area contributed by atoms with Crippen molar-refractivity contribution in [2.75, 3.05) is 5.32 Å². The van der Waals surface area contributed by atoms with Gasteiger partial charge in [0.2, 0.25) is 5.91 Å². The van der Waals surface area contributed by atoms with Gasteiger partial charge >= 0.3 is 0 Å². The number of benzene rings is 1. The fourth-order valence-corrected chi connectivity index (χ4v) is 1.64. The molecule has 1 saturated carbocycles. The smallest absolute Gasteiger partial charge is 0.227 e. The largest absolute Gasteiger partial charge is 0.326 e. The lowest BCUT2D eigenvalue weighted by molar-refractivity contribution is -0.117. The molecule has 1 aromatic rings. The zero-order chi connectivity index (χ0) is 11.5. The molecule has 0 saturated heterocycles. The van der Waals surface area contributed by atoms with Gasteiger partial charge in [-0.3, -0.25) is 4.79 Å². The van der Waals surface area contributed by atoms with Gasteiger partial charge in [0.05, 0.1) is 0 Å². The van der Waals surface area contributed by atoms with Crippen molar-refractivity contribution >= 4 is 11.6 Å². The van der Waals surface area contributed by atoms with E-state index in [4.69, 9.17) is 5.73 Å². The minimum Gasteiger partial charge on any atom is -0.326 e. The Balaban J connectivity index is 1.98. The van der Waals surface area contributed by atoms with Crippen LogP contribution in [0.2, 0.25) is 0 Å². The molecule has 1 amide bonds. The van der Waals surface area contributed by atoms with Crippen molar-refractivity contribution in [2.45, 2.75) is 32.2 Å². The third-order valence-corrected chi connectivity index (χ3v) is 2.99. The van der Waals surface area contributed by atoms with E-state index in [2.05, 4.69) is 12.2 Å². The van der Waals surface area contributed by atoms with Crippen molar-refractivity contribution in [1.82, 2.24) is 0 Å². The van der Waals surface area contributed by atoms with E-state index in [1.807, 2.05) is 24.3 Å². The lowest BCUT2D eigenvalue weighted by atomic mass is 10.1. The third-order valence-electron chi connectivity index (χ3n) is 2.99. The van der Waals surface area contributed by atoms with Crippen LogP contribution in [0, 0.1) is 5.92 Å². The van der Waals surface area contributed by atoms with Gasteiger partial charge in [-0.15, -0.1) is 0 Å². The highest BCUT2D eigenvalue weighted by Gasteiger charge is 2.29. The van der Waals surface area contributed by atoms with E-state index in [1.165, 1.54) is 0 Å². The summed E-state index contributed by atoms with van der Waals surface area (Å²) >= 11 is 0. The van der Waals surface area contributed by atoms with Gasteiger partial charge in [0.1, 0.15) is 0 Å². The first-order valence-electron chi connectivity index (χ1n) is 5.87. The fourth-order valence-electron chi connectivity index (χ4n) is 1.64. The molecule has 3 nitrogen and oxygen atoms in total. The summed E-state index contributed by atoms with van der Waals surface area (Å²) in [5, 5.41) is 2.91. The van der Waals surface area contributed by atoms with Crippen molar-refractivity contribution in [3.63, 3.8) is 0 Å². The monoisotopic (exact) mass is 218 g/mol. The SMILES string of the molecule is CCC(N)c1ccc(NC(=O)C2CC2)cc1. The van der Waals surface area contributed by atoms with Gasteiger partial charge in [0, 0.05) is 17.6 Å². The third kappa shape index (κ3) is 2.61. The molecule has 16 heavy (non-hydrogen) atoms. The molecule has 0 bridgehead atoms. The minimum absolute atomic E-state index is 0.0909. The number of amides is 1. The van der Waals surface area contributed by atoms with E-state index < -0.39 is 0 Å². The molecular formula is C13H18N2O. The van der Waals surface area contributed by atoms with Crippen LogP contribution in [0.15, 0.2) is 24.3 Å². The molecule has 0 aliphatic heterocycles. The first-order chi connectivity index (χ1) is 7.70. The molecule has 1 atom stereocenters. The predicted molar refractivity (Wildman–Crippen MR) is 65.0 cm³/mol. The summed E-state index contributed by atoms with van der Waals surface area (Å²) in [6, 6.07) is 7.90. The normalized spacial score (nSPS) is 16.9. The molecule has 0 spiro atoms. The van der Waals surface area contributed by atoms with E-state index in [-0.39, 0.29) is 17.9 Å². The summed E-state index contributed by atoms with van der Waals surface area (Å²) < 4.78 is 0. The molecule has 1 fully saturated rings. The number of nitrogens with two attached hydrogens (primary N) is 1. The molecule has 1 aliphatic carbocycles. The van der Waals surface area contributed by atoms with Crippen LogP contribution in [0.5, 0.6) is 0 Å². The first kappa shape index (κ1) is 11.1. The van der Waals surface area contributed by atoms with Gasteiger partial charge in [-0.05, 0) is 37.0 Å². The highest BCUT2D eigenvalue weighted by molar-refractivity contribution is 5.93. The number of carbonyl (C=O) groups is 1. The van der Waals surface area contributed by atoms with E-state index in [1.54, 1.807) is 0 Å². The van der Waals surface area contributed by atoms with Crippen LogP contribution in [0.1, 0.15) is 37.8 Å². The summed E-state index contributed by atoms with van der Waals surface area (Å²) in [7, 11) is 0. The van der Waals surface area contributed by atoms with Crippen LogP contribution in [0.4, 0.5) is 5.69 Å². The number of hydrogen-bond acceptors (Lipinski definition) is 2. The molecule has 1 aliphatic rings. The lowest BCUT2D eigenvalue weighted by Crippen LogP contribution is -2.13. The first-order valence-corrected chi connectivity index (χ1v) is 5.87. The molecule has 0 heterocycles. The number of rotatable bonds is 4. The fraction of sp³-hybridized carbons (Fsp3) is 0.462. The summed E-state index contributed by atoms with van der Waals surface area (Å²) in [6.45, 7) is 2.06. The van der Waals surface area contributed by atoms with Gasteiger partial charge in [0.15, 0.2) is 0 Å². The Labute approximate surface area is 96.0 Å². The standard InChI is InChI=1S/C13H18N2O/c1-2-12(14)9-5-7-11(8-6-9)15-13(16)10-3-4-10/h5-8,10,12H,2-4,14H2,1H3,(H,15,16). The van der Waals surface area contributed by atoms with Gasteiger partial charge < -0.3 is 11.1 Å². The van der Waals surface area contributed by atoms with Crippen molar-refractivity contribution in [1.29, 1.82) is 0 Å². The maximum Gasteiger partial charge on any atom is 0.227 e. The molecule has 86 valence electrons. The van der Waals surface area contributed by atoms with Crippen molar-refractivity contribution in [2.24, 2.45) is 11.7 Å². The summed E-state index contributed by atoms with van der Waals surface area (Å²) in [6.07, 6.45) is 2.99. The minimum atomic E-state index is 0.0909. The van der Waals surface area contributed by atoms with Crippen LogP contribution in [-0.2, 0) is 4.79 Å². The zero-order valence-corrected chi connectivity index (χ0v) is 9.57. The molecule has 1 unspecified atom stereocenters. The topological polar surface area (TPSA) is 55.1 Å². The van der Waals surface area contributed by atoms with Gasteiger partial charge in [-0.2, -0.15) is 0 Å². The maximum absolute atomic E-state index is 11.5. The molecular weight excluding hydrogens is 200 g/mol. The molecule has 1 aromatic carbocycles. The number of nitrogens with one attached hydrogen (secondary N) is 1. The average molecular weight is 218 g/mol. The molecule has 3 heteroatoms. The predicted octanol–water partition coefficient (Wildman–Crippen LogP) is 2.44. The van der Waals surface area contributed by atoms with Gasteiger partial charge in [-0.1, -0.05) is 19.1 Å². The van der Waals surface area contributed by atoms with Crippen molar-refractivity contribution in [3.8, 4) is 0 Å². The van der Waals surface area contributed by atoms with Crippen molar-refractivity contribution < 1.29 is 4.79 Å².